The summed E-state index contributed by atoms with van der Waals surface area (Å²) in [5.74, 6) is -10.3. The summed E-state index contributed by atoms with van der Waals surface area (Å²) in [4.78, 5) is 3.80. The Morgan fingerprint density at radius 2 is 1.55 bits per heavy atom. The molecule has 1 N–H and O–H groups in total. The minimum atomic E-state index is -2.26. The number of aromatic nitrogens is 2. The summed E-state index contributed by atoms with van der Waals surface area (Å²) in [6, 6.07) is 0. The number of hydrogen-bond acceptors (Lipinski definition) is 2. The van der Waals surface area contributed by atoms with Crippen molar-refractivity contribution in [2.45, 2.75) is 12.5 Å². The second kappa shape index (κ2) is 5.20. The lowest BCUT2D eigenvalue weighted by Gasteiger charge is -2.14. The van der Waals surface area contributed by atoms with E-state index in [0.717, 1.165) is 0 Å². The quantitative estimate of drug-likeness (QED) is 0.536. The van der Waals surface area contributed by atoms with Gasteiger partial charge in [-0.1, -0.05) is 0 Å². The van der Waals surface area contributed by atoms with E-state index in [0.29, 0.717) is 0 Å². The van der Waals surface area contributed by atoms with E-state index in [9.17, 15) is 27.1 Å². The Bertz CT molecular complexity index is 627. The van der Waals surface area contributed by atoms with Gasteiger partial charge in [-0.05, 0) is 0 Å². The number of nitrogens with zero attached hydrogens (tertiary/aromatic N) is 2. The maximum atomic E-state index is 13.5. The lowest BCUT2D eigenvalue weighted by molar-refractivity contribution is 0.160. The zero-order valence-corrected chi connectivity index (χ0v) is 10.2. The molecule has 8 heteroatoms. The lowest BCUT2D eigenvalue weighted by atomic mass is 10.0. The van der Waals surface area contributed by atoms with Crippen molar-refractivity contribution < 1.29 is 27.1 Å². The summed E-state index contributed by atoms with van der Waals surface area (Å²) >= 11 is 0. The largest absolute Gasteiger partial charge is 0.388 e. The topological polar surface area (TPSA) is 38.0 Å². The number of aliphatic hydroxyl groups excluding tert-OH is 1. The number of hydrogen-bond donors (Lipinski definition) is 1. The zero-order chi connectivity index (χ0) is 15.0. The molecule has 1 heterocycles. The number of aliphatic hydroxyl groups is 1. The molecule has 0 saturated heterocycles. The normalized spacial score (nSPS) is 12.8. The molecule has 0 aliphatic heterocycles. The summed E-state index contributed by atoms with van der Waals surface area (Å²) < 4.78 is 67.3. The third-order valence-corrected chi connectivity index (χ3v) is 2.87. The van der Waals surface area contributed by atoms with Crippen LogP contribution in [0.1, 0.15) is 17.5 Å². The highest BCUT2D eigenvalue weighted by Crippen LogP contribution is 2.29. The van der Waals surface area contributed by atoms with Gasteiger partial charge in [0.25, 0.3) is 0 Å². The highest BCUT2D eigenvalue weighted by atomic mass is 19.2. The van der Waals surface area contributed by atoms with Crippen LogP contribution in [0.4, 0.5) is 22.0 Å². The van der Waals surface area contributed by atoms with Gasteiger partial charge in [-0.3, -0.25) is 0 Å². The van der Waals surface area contributed by atoms with Crippen LogP contribution in [0, 0.1) is 29.1 Å². The molecule has 1 unspecified atom stereocenters. The fourth-order valence-corrected chi connectivity index (χ4v) is 1.78. The molecule has 0 bridgehead atoms. The van der Waals surface area contributed by atoms with Crippen LogP contribution in [0.3, 0.4) is 0 Å². The summed E-state index contributed by atoms with van der Waals surface area (Å²) in [6.45, 7) is 0. The molecule has 1 atom stereocenters. The molecule has 1 aromatic carbocycles. The van der Waals surface area contributed by atoms with E-state index in [-0.39, 0.29) is 12.2 Å². The molecule has 1 aromatic heterocycles. The van der Waals surface area contributed by atoms with Crippen LogP contribution in [-0.4, -0.2) is 14.7 Å². The first-order valence-electron chi connectivity index (χ1n) is 5.50. The molecular formula is C12H9F5N2O. The lowest BCUT2D eigenvalue weighted by Crippen LogP contribution is -2.14. The van der Waals surface area contributed by atoms with E-state index >= 15 is 0 Å². The van der Waals surface area contributed by atoms with Crippen molar-refractivity contribution in [3.8, 4) is 0 Å². The molecule has 2 rings (SSSR count). The van der Waals surface area contributed by atoms with E-state index in [1.165, 1.54) is 17.0 Å². The maximum absolute atomic E-state index is 13.5. The van der Waals surface area contributed by atoms with Gasteiger partial charge in [-0.25, -0.2) is 26.9 Å². The van der Waals surface area contributed by atoms with E-state index in [2.05, 4.69) is 4.98 Å². The van der Waals surface area contributed by atoms with Crippen LogP contribution in [0.5, 0.6) is 0 Å². The number of aryl methyl sites for hydroxylation is 1. The van der Waals surface area contributed by atoms with E-state index in [1.807, 2.05) is 0 Å². The Balaban J connectivity index is 2.45. The first-order valence-corrected chi connectivity index (χ1v) is 5.50. The first-order chi connectivity index (χ1) is 9.34. The van der Waals surface area contributed by atoms with Crippen LogP contribution in [0.15, 0.2) is 12.4 Å². The molecule has 0 amide bonds. The van der Waals surface area contributed by atoms with Crippen LogP contribution >= 0.6 is 0 Å². The van der Waals surface area contributed by atoms with Crippen molar-refractivity contribution in [3.05, 3.63) is 52.9 Å². The molecule has 2 aromatic rings. The smallest absolute Gasteiger partial charge is 0.200 e. The van der Waals surface area contributed by atoms with E-state index in [4.69, 9.17) is 0 Å². The zero-order valence-electron chi connectivity index (χ0n) is 10.2. The average molecular weight is 292 g/mol. The highest BCUT2D eigenvalue weighted by molar-refractivity contribution is 5.26. The van der Waals surface area contributed by atoms with Gasteiger partial charge >= 0.3 is 0 Å². The van der Waals surface area contributed by atoms with Crippen molar-refractivity contribution in [2.75, 3.05) is 0 Å². The fourth-order valence-electron chi connectivity index (χ4n) is 1.78. The summed E-state index contributed by atoms with van der Waals surface area (Å²) in [6.07, 6.45) is 0.601. The van der Waals surface area contributed by atoms with Crippen LogP contribution in [-0.2, 0) is 13.5 Å². The van der Waals surface area contributed by atoms with Crippen molar-refractivity contribution in [1.29, 1.82) is 0 Å². The predicted molar refractivity (Wildman–Crippen MR) is 58.1 cm³/mol. The van der Waals surface area contributed by atoms with Gasteiger partial charge in [0.05, 0.1) is 11.7 Å². The predicted octanol–water partition coefficient (Wildman–Crippen LogP) is 2.39. The van der Waals surface area contributed by atoms with Crippen molar-refractivity contribution >= 4 is 0 Å². The highest BCUT2D eigenvalue weighted by Gasteiger charge is 2.30. The van der Waals surface area contributed by atoms with E-state index in [1.54, 1.807) is 7.05 Å². The number of benzene rings is 1. The van der Waals surface area contributed by atoms with Gasteiger partial charge in [0.15, 0.2) is 23.3 Å². The molecule has 0 saturated carbocycles. The molecule has 3 nitrogen and oxygen atoms in total. The van der Waals surface area contributed by atoms with Gasteiger partial charge in [0.1, 0.15) is 5.82 Å². The van der Waals surface area contributed by atoms with Gasteiger partial charge in [0, 0.05) is 25.9 Å². The Kier molecular flexibility index (Phi) is 3.76. The summed E-state index contributed by atoms with van der Waals surface area (Å²) in [7, 11) is 1.56. The number of rotatable bonds is 3. The third-order valence-electron chi connectivity index (χ3n) is 2.87. The molecule has 0 fully saturated rings. The van der Waals surface area contributed by atoms with Gasteiger partial charge in [0.2, 0.25) is 5.82 Å². The molecule has 0 aliphatic rings. The SMILES string of the molecule is Cn1ccnc1CC(O)c1c(F)c(F)c(F)c(F)c1F. The monoisotopic (exact) mass is 292 g/mol. The van der Waals surface area contributed by atoms with Crippen molar-refractivity contribution in [2.24, 2.45) is 7.05 Å². The summed E-state index contributed by atoms with van der Waals surface area (Å²) in [5.41, 5.74) is -1.26. The second-order valence-electron chi connectivity index (χ2n) is 4.16. The molecule has 108 valence electrons. The van der Waals surface area contributed by atoms with Crippen molar-refractivity contribution in [1.82, 2.24) is 9.55 Å². The van der Waals surface area contributed by atoms with Gasteiger partial charge in [-0.2, -0.15) is 0 Å². The van der Waals surface area contributed by atoms with Crippen molar-refractivity contribution in [3.63, 3.8) is 0 Å². The first kappa shape index (κ1) is 14.4. The van der Waals surface area contributed by atoms with Crippen LogP contribution in [0.2, 0.25) is 0 Å². The van der Waals surface area contributed by atoms with E-state index < -0.39 is 40.8 Å². The number of imidazole rings is 1. The standard InChI is InChI=1S/C12H9F5N2O/c1-19-3-2-18-6(19)4-5(20)7-8(13)10(15)12(17)11(16)9(7)14/h2-3,5,20H,4H2,1H3. The average Bonchev–Trinajstić information content (AvgIpc) is 2.80. The third kappa shape index (κ3) is 2.26. The fraction of sp³-hybridized carbons (Fsp3) is 0.250. The minimum absolute atomic E-state index is 0.237. The van der Waals surface area contributed by atoms with Gasteiger partial charge in [-0.15, -0.1) is 0 Å². The van der Waals surface area contributed by atoms with Crippen LogP contribution in [0.25, 0.3) is 0 Å². The van der Waals surface area contributed by atoms with Gasteiger partial charge < -0.3 is 9.67 Å². The Hall–Kier alpha value is -1.96. The molecule has 0 spiro atoms. The molecular weight excluding hydrogens is 283 g/mol. The maximum Gasteiger partial charge on any atom is 0.200 e. The minimum Gasteiger partial charge on any atom is -0.388 e. The second-order valence-corrected chi connectivity index (χ2v) is 4.16. The number of halogens is 5. The Morgan fingerprint density at radius 1 is 1.05 bits per heavy atom. The molecule has 20 heavy (non-hydrogen) atoms. The van der Waals surface area contributed by atoms with Crippen LogP contribution < -0.4 is 0 Å². The Morgan fingerprint density at radius 3 is 2.00 bits per heavy atom. The Labute approximate surface area is 110 Å². The molecule has 0 radical (unpaired) electrons. The molecule has 0 aliphatic carbocycles. The summed E-state index contributed by atoms with van der Waals surface area (Å²) in [5, 5.41) is 9.73.